The van der Waals surface area contributed by atoms with Gasteiger partial charge >= 0.3 is 0 Å². The maximum Gasteiger partial charge on any atom is 0.228 e. The Labute approximate surface area is 145 Å². The summed E-state index contributed by atoms with van der Waals surface area (Å²) in [5, 5.41) is 3.69. The van der Waals surface area contributed by atoms with Crippen molar-refractivity contribution < 1.29 is 4.79 Å². The Morgan fingerprint density at radius 3 is 2.09 bits per heavy atom. The van der Waals surface area contributed by atoms with E-state index in [0.717, 1.165) is 31.4 Å². The van der Waals surface area contributed by atoms with Crippen molar-refractivity contribution in [1.82, 2.24) is 0 Å². The smallest absolute Gasteiger partial charge is 0.228 e. The van der Waals surface area contributed by atoms with E-state index in [1.807, 2.05) is 12.1 Å². The molecule has 118 valence electrons. The van der Waals surface area contributed by atoms with Crippen LogP contribution in [0.4, 0.5) is 5.69 Å². The van der Waals surface area contributed by atoms with Crippen LogP contribution in [-0.4, -0.2) is 10.2 Å². The molecular formula is C17H18Cl3NO. The number of alkyl halides is 2. The monoisotopic (exact) mass is 357 g/mol. The Kier molecular flexibility index (Phi) is 3.63. The zero-order valence-electron chi connectivity index (χ0n) is 12.1. The van der Waals surface area contributed by atoms with Crippen molar-refractivity contribution in [1.29, 1.82) is 0 Å². The third-order valence-electron chi connectivity index (χ3n) is 5.73. The van der Waals surface area contributed by atoms with E-state index in [9.17, 15) is 4.79 Å². The molecule has 4 rings (SSSR count). The zero-order valence-corrected chi connectivity index (χ0v) is 14.3. The van der Waals surface area contributed by atoms with Crippen LogP contribution in [0.3, 0.4) is 0 Å². The molecule has 3 aliphatic rings. The lowest BCUT2D eigenvalue weighted by molar-refractivity contribution is -0.117. The van der Waals surface area contributed by atoms with Crippen molar-refractivity contribution in [2.24, 2.45) is 29.6 Å². The van der Waals surface area contributed by atoms with Gasteiger partial charge in [-0.2, -0.15) is 0 Å². The molecule has 1 N–H and O–H groups in total. The van der Waals surface area contributed by atoms with Crippen LogP contribution in [0.1, 0.15) is 25.7 Å². The van der Waals surface area contributed by atoms with E-state index in [1.54, 1.807) is 12.1 Å². The largest absolute Gasteiger partial charge is 0.326 e. The molecule has 0 aromatic heterocycles. The first-order valence-corrected chi connectivity index (χ1v) is 9.06. The van der Waals surface area contributed by atoms with E-state index in [1.165, 1.54) is 0 Å². The standard InChI is InChI=1S/C17H18Cl3NO/c18-9-1-3-10(4-2-9)21-16(22)15-11-5-7-13-14(17(13,19)20)8-6-12(11)15/h1-4,11-15H,5-8H2,(H,21,22)/t11-,12-,13-,14-/m1/s1. The number of rotatable bonds is 2. The van der Waals surface area contributed by atoms with Gasteiger partial charge < -0.3 is 5.32 Å². The molecule has 1 amide bonds. The van der Waals surface area contributed by atoms with Crippen LogP contribution in [-0.2, 0) is 4.79 Å². The lowest BCUT2D eigenvalue weighted by Gasteiger charge is -2.05. The zero-order chi connectivity index (χ0) is 15.5. The van der Waals surface area contributed by atoms with Crippen molar-refractivity contribution in [2.75, 3.05) is 5.32 Å². The third-order valence-corrected chi connectivity index (χ3v) is 7.11. The summed E-state index contributed by atoms with van der Waals surface area (Å²) < 4.78 is -0.488. The van der Waals surface area contributed by atoms with Crippen LogP contribution in [0.25, 0.3) is 0 Å². The van der Waals surface area contributed by atoms with Gasteiger partial charge in [0.05, 0.1) is 0 Å². The maximum absolute atomic E-state index is 12.5. The van der Waals surface area contributed by atoms with Gasteiger partial charge in [0.15, 0.2) is 0 Å². The number of anilines is 1. The molecule has 0 heterocycles. The highest BCUT2D eigenvalue weighted by Crippen LogP contribution is 2.67. The summed E-state index contributed by atoms with van der Waals surface area (Å²) in [7, 11) is 0. The number of amides is 1. The minimum absolute atomic E-state index is 0.149. The fraction of sp³-hybridized carbons (Fsp3) is 0.588. The Morgan fingerprint density at radius 1 is 1.00 bits per heavy atom. The normalized spacial score (nSPS) is 38.0. The van der Waals surface area contributed by atoms with Crippen molar-refractivity contribution >= 4 is 46.4 Å². The lowest BCUT2D eigenvalue weighted by Crippen LogP contribution is -2.15. The first-order chi connectivity index (χ1) is 10.5. The van der Waals surface area contributed by atoms with Crippen LogP contribution >= 0.6 is 34.8 Å². The van der Waals surface area contributed by atoms with Gasteiger partial charge in [0, 0.05) is 16.6 Å². The average Bonchev–Trinajstić information content (AvgIpc) is 3.26. The molecule has 0 radical (unpaired) electrons. The van der Waals surface area contributed by atoms with E-state index in [0.29, 0.717) is 28.7 Å². The topological polar surface area (TPSA) is 29.1 Å². The van der Waals surface area contributed by atoms with Crippen molar-refractivity contribution in [3.8, 4) is 0 Å². The predicted octanol–water partition coefficient (Wildman–Crippen LogP) is 5.13. The summed E-state index contributed by atoms with van der Waals surface area (Å²) in [5.41, 5.74) is 0.817. The van der Waals surface area contributed by atoms with Gasteiger partial charge in [0.25, 0.3) is 0 Å². The summed E-state index contributed by atoms with van der Waals surface area (Å²) in [6.07, 6.45) is 4.27. The fourth-order valence-corrected chi connectivity index (χ4v) is 5.42. The molecule has 0 spiro atoms. The third kappa shape index (κ3) is 2.53. The van der Waals surface area contributed by atoms with Gasteiger partial charge in [-0.25, -0.2) is 0 Å². The Balaban J connectivity index is 1.37. The van der Waals surface area contributed by atoms with Crippen LogP contribution in [0.2, 0.25) is 5.02 Å². The number of halogens is 3. The summed E-state index contributed by atoms with van der Waals surface area (Å²) in [6.45, 7) is 0. The van der Waals surface area contributed by atoms with Gasteiger partial charge in [-0.3, -0.25) is 4.79 Å². The second-order valence-corrected chi connectivity index (χ2v) is 8.77. The second-order valence-electron chi connectivity index (χ2n) is 6.89. The molecule has 3 aliphatic carbocycles. The van der Waals surface area contributed by atoms with Crippen LogP contribution < -0.4 is 5.32 Å². The molecule has 0 unspecified atom stereocenters. The molecule has 22 heavy (non-hydrogen) atoms. The van der Waals surface area contributed by atoms with Gasteiger partial charge in [-0.15, -0.1) is 23.2 Å². The minimum Gasteiger partial charge on any atom is -0.326 e. The highest BCUT2D eigenvalue weighted by molar-refractivity contribution is 6.51. The van der Waals surface area contributed by atoms with E-state index in [2.05, 4.69) is 5.32 Å². The summed E-state index contributed by atoms with van der Waals surface area (Å²) in [6, 6.07) is 7.27. The van der Waals surface area contributed by atoms with E-state index in [4.69, 9.17) is 34.8 Å². The summed E-state index contributed by atoms with van der Waals surface area (Å²) >= 11 is 18.5. The van der Waals surface area contributed by atoms with Crippen molar-refractivity contribution in [3.63, 3.8) is 0 Å². The molecule has 3 saturated carbocycles. The van der Waals surface area contributed by atoms with E-state index >= 15 is 0 Å². The number of carbonyl (C=O) groups excluding carboxylic acids is 1. The summed E-state index contributed by atoms with van der Waals surface area (Å²) in [5.74, 6) is 2.22. The first kappa shape index (κ1) is 15.1. The van der Waals surface area contributed by atoms with Gasteiger partial charge in [0.2, 0.25) is 5.91 Å². The first-order valence-electron chi connectivity index (χ1n) is 7.92. The number of hydrogen-bond acceptors (Lipinski definition) is 1. The Hall–Kier alpha value is -0.440. The molecule has 1 aromatic carbocycles. The quantitative estimate of drug-likeness (QED) is 0.729. The number of fused-ring (bicyclic) bond motifs is 2. The van der Waals surface area contributed by atoms with Crippen LogP contribution in [0.5, 0.6) is 0 Å². The summed E-state index contributed by atoms with van der Waals surface area (Å²) in [4.78, 5) is 12.5. The van der Waals surface area contributed by atoms with Gasteiger partial charge in [-0.1, -0.05) is 11.6 Å². The number of hydrogen-bond donors (Lipinski definition) is 1. The molecule has 1 aromatic rings. The molecule has 0 bridgehead atoms. The highest BCUT2D eigenvalue weighted by atomic mass is 35.5. The Morgan fingerprint density at radius 2 is 1.55 bits per heavy atom. The molecule has 3 fully saturated rings. The van der Waals surface area contributed by atoms with Crippen LogP contribution in [0.15, 0.2) is 24.3 Å². The molecule has 5 heteroatoms. The Bertz CT molecular complexity index is 578. The number of benzene rings is 1. The van der Waals surface area contributed by atoms with Crippen molar-refractivity contribution in [2.45, 2.75) is 30.0 Å². The molecule has 0 aliphatic heterocycles. The second kappa shape index (κ2) is 5.29. The molecule has 2 nitrogen and oxygen atoms in total. The molecule has 4 atom stereocenters. The number of carbonyl (C=O) groups is 1. The lowest BCUT2D eigenvalue weighted by atomic mass is 10.0. The molecule has 0 saturated heterocycles. The van der Waals surface area contributed by atoms with Crippen LogP contribution in [0, 0.1) is 29.6 Å². The number of nitrogens with one attached hydrogen (secondary N) is 1. The maximum atomic E-state index is 12.5. The predicted molar refractivity (Wildman–Crippen MR) is 90.4 cm³/mol. The van der Waals surface area contributed by atoms with Gasteiger partial charge in [0.1, 0.15) is 4.33 Å². The van der Waals surface area contributed by atoms with Crippen molar-refractivity contribution in [3.05, 3.63) is 29.3 Å². The fourth-order valence-electron chi connectivity index (χ4n) is 4.37. The van der Waals surface area contributed by atoms with E-state index < -0.39 is 4.33 Å². The molecular weight excluding hydrogens is 341 g/mol. The van der Waals surface area contributed by atoms with Gasteiger partial charge in [-0.05, 0) is 73.6 Å². The van der Waals surface area contributed by atoms with E-state index in [-0.39, 0.29) is 11.8 Å². The highest BCUT2D eigenvalue weighted by Gasteiger charge is 2.65. The minimum atomic E-state index is -0.488. The average molecular weight is 359 g/mol. The SMILES string of the molecule is O=C(Nc1ccc(Cl)cc1)C1[C@@H]2CC[C@@H]3[C@@H](CC[C@@H]12)C3(Cl)Cl.